The van der Waals surface area contributed by atoms with Crippen molar-refractivity contribution < 1.29 is 15.0 Å². The monoisotopic (exact) mass is 686 g/mol. The zero-order valence-corrected chi connectivity index (χ0v) is 32.7. The maximum Gasteiger partial charge on any atom is 0.220 e. The molecule has 0 fully saturated rings. The molecule has 0 spiro atoms. The fraction of sp³-hybridized carbons (Fsp3) is 0.800. The van der Waals surface area contributed by atoms with Gasteiger partial charge in [-0.3, -0.25) is 4.79 Å². The van der Waals surface area contributed by atoms with Gasteiger partial charge in [-0.25, -0.2) is 0 Å². The van der Waals surface area contributed by atoms with Crippen LogP contribution in [0.2, 0.25) is 0 Å². The van der Waals surface area contributed by atoms with Crippen molar-refractivity contribution in [3.8, 4) is 0 Å². The Morgan fingerprint density at radius 2 is 0.898 bits per heavy atom. The van der Waals surface area contributed by atoms with Crippen LogP contribution in [0.1, 0.15) is 213 Å². The van der Waals surface area contributed by atoms with Crippen molar-refractivity contribution in [2.45, 2.75) is 225 Å². The van der Waals surface area contributed by atoms with Crippen LogP contribution in [0.5, 0.6) is 0 Å². The molecule has 0 radical (unpaired) electrons. The molecule has 286 valence electrons. The van der Waals surface area contributed by atoms with E-state index in [1.54, 1.807) is 0 Å². The summed E-state index contributed by atoms with van der Waals surface area (Å²) in [7, 11) is 0. The van der Waals surface area contributed by atoms with E-state index in [-0.39, 0.29) is 12.5 Å². The van der Waals surface area contributed by atoms with E-state index in [9.17, 15) is 15.0 Å². The summed E-state index contributed by atoms with van der Waals surface area (Å²) in [5, 5.41) is 23.2. The van der Waals surface area contributed by atoms with Gasteiger partial charge in [0.25, 0.3) is 0 Å². The Balaban J connectivity index is 3.56. The van der Waals surface area contributed by atoms with Crippen LogP contribution in [0.4, 0.5) is 0 Å². The second kappa shape index (κ2) is 40.8. The lowest BCUT2D eigenvalue weighted by Crippen LogP contribution is -2.45. The molecule has 0 aromatic rings. The van der Waals surface area contributed by atoms with Crippen LogP contribution in [-0.4, -0.2) is 34.9 Å². The number of aliphatic hydroxyl groups excluding tert-OH is 2. The summed E-state index contributed by atoms with van der Waals surface area (Å²) in [4.78, 5) is 12.4. The van der Waals surface area contributed by atoms with Gasteiger partial charge in [-0.1, -0.05) is 204 Å². The summed E-state index contributed by atoms with van der Waals surface area (Å²) < 4.78 is 0. The number of hydrogen-bond acceptors (Lipinski definition) is 3. The minimum atomic E-state index is -0.663. The van der Waals surface area contributed by atoms with Gasteiger partial charge in [-0.2, -0.15) is 0 Å². The van der Waals surface area contributed by atoms with Crippen LogP contribution in [0, 0.1) is 0 Å². The van der Waals surface area contributed by atoms with Gasteiger partial charge >= 0.3 is 0 Å². The molecular formula is C45H83NO3. The molecule has 0 saturated heterocycles. The molecule has 2 atom stereocenters. The number of allylic oxidation sites excluding steroid dienone is 8. The number of nitrogens with one attached hydrogen (secondary N) is 1. The van der Waals surface area contributed by atoms with Gasteiger partial charge in [-0.05, 0) is 51.4 Å². The van der Waals surface area contributed by atoms with Crippen LogP contribution in [0.3, 0.4) is 0 Å². The smallest absolute Gasteiger partial charge is 0.220 e. The van der Waals surface area contributed by atoms with E-state index in [1.165, 1.54) is 135 Å². The minimum Gasteiger partial charge on any atom is -0.394 e. The fourth-order valence-electron chi connectivity index (χ4n) is 6.35. The zero-order chi connectivity index (χ0) is 35.7. The summed E-state index contributed by atoms with van der Waals surface area (Å²) in [5.41, 5.74) is 0. The molecule has 1 amide bonds. The SMILES string of the molecule is CC/C=C\C/C=C\C/C=C\C/C=C\CCCCCCCCCCC(=O)NC(CO)C(O)CCCCCCCCCCCCCCCCCC. The molecule has 4 heteroatoms. The van der Waals surface area contributed by atoms with Gasteiger partial charge in [0.15, 0.2) is 0 Å². The molecule has 0 aromatic carbocycles. The first-order chi connectivity index (χ1) is 24.2. The summed E-state index contributed by atoms with van der Waals surface area (Å²) in [5.74, 6) is -0.0408. The third-order valence-electron chi connectivity index (χ3n) is 9.60. The average molecular weight is 686 g/mol. The Hall–Kier alpha value is -1.65. The third-order valence-corrected chi connectivity index (χ3v) is 9.60. The number of amides is 1. The van der Waals surface area contributed by atoms with E-state index in [0.717, 1.165) is 51.4 Å². The van der Waals surface area contributed by atoms with Crippen LogP contribution < -0.4 is 5.32 Å². The van der Waals surface area contributed by atoms with E-state index in [2.05, 4.69) is 67.8 Å². The van der Waals surface area contributed by atoms with Crippen molar-refractivity contribution >= 4 is 5.91 Å². The van der Waals surface area contributed by atoms with Crippen molar-refractivity contribution in [3.63, 3.8) is 0 Å². The van der Waals surface area contributed by atoms with Crippen molar-refractivity contribution in [1.82, 2.24) is 5.32 Å². The van der Waals surface area contributed by atoms with E-state index in [0.29, 0.717) is 12.8 Å². The van der Waals surface area contributed by atoms with Crippen LogP contribution in [0.15, 0.2) is 48.6 Å². The molecule has 0 bridgehead atoms. The second-order valence-electron chi connectivity index (χ2n) is 14.4. The van der Waals surface area contributed by atoms with Crippen LogP contribution >= 0.6 is 0 Å². The quantitative estimate of drug-likeness (QED) is 0.0447. The minimum absolute atomic E-state index is 0.0408. The Labute approximate surface area is 305 Å². The molecule has 4 nitrogen and oxygen atoms in total. The highest BCUT2D eigenvalue weighted by Crippen LogP contribution is 2.15. The first-order valence-corrected chi connectivity index (χ1v) is 21.3. The van der Waals surface area contributed by atoms with E-state index < -0.39 is 12.1 Å². The van der Waals surface area contributed by atoms with Crippen molar-refractivity contribution in [2.24, 2.45) is 0 Å². The predicted octanol–water partition coefficient (Wildman–Crippen LogP) is 13.2. The number of carbonyl (C=O) groups is 1. The largest absolute Gasteiger partial charge is 0.394 e. The lowest BCUT2D eigenvalue weighted by atomic mass is 10.0. The van der Waals surface area contributed by atoms with Gasteiger partial charge in [-0.15, -0.1) is 0 Å². The first kappa shape index (κ1) is 47.4. The normalized spacial score (nSPS) is 13.5. The third kappa shape index (κ3) is 37.4. The Kier molecular flexibility index (Phi) is 39.4. The first-order valence-electron chi connectivity index (χ1n) is 21.3. The highest BCUT2D eigenvalue weighted by atomic mass is 16.3. The summed E-state index contributed by atoms with van der Waals surface area (Å²) in [6, 6.07) is -0.541. The standard InChI is InChI=1S/C45H83NO3/c1-3-5-7-9-11-13-15-17-19-21-22-23-24-25-27-29-31-33-35-37-39-41-45(49)46-43(42-47)44(48)40-38-36-34-32-30-28-26-20-18-16-14-12-10-8-6-4-2/h5,7,11,13,17,19,22-23,43-44,47-48H,3-4,6,8-10,12,14-16,18,20-21,24-42H2,1-2H3,(H,46,49)/b7-5-,13-11-,19-17-,23-22-. The summed E-state index contributed by atoms with van der Waals surface area (Å²) in [6.45, 7) is 4.24. The Bertz CT molecular complexity index is 786. The molecule has 2 unspecified atom stereocenters. The maximum atomic E-state index is 12.4. The van der Waals surface area contributed by atoms with E-state index in [1.807, 2.05) is 0 Å². The molecule has 0 aliphatic heterocycles. The average Bonchev–Trinajstić information content (AvgIpc) is 3.10. The number of aliphatic hydroxyl groups is 2. The second-order valence-corrected chi connectivity index (χ2v) is 14.4. The zero-order valence-electron chi connectivity index (χ0n) is 32.7. The summed E-state index contributed by atoms with van der Waals surface area (Å²) >= 11 is 0. The molecule has 0 heterocycles. The van der Waals surface area contributed by atoms with Crippen molar-refractivity contribution in [1.29, 1.82) is 0 Å². The maximum absolute atomic E-state index is 12.4. The van der Waals surface area contributed by atoms with Gasteiger partial charge in [0, 0.05) is 6.42 Å². The lowest BCUT2D eigenvalue weighted by Gasteiger charge is -2.22. The molecule has 3 N–H and O–H groups in total. The predicted molar refractivity (Wildman–Crippen MR) is 216 cm³/mol. The number of carbonyl (C=O) groups excluding carboxylic acids is 1. The highest BCUT2D eigenvalue weighted by molar-refractivity contribution is 5.76. The van der Waals surface area contributed by atoms with Crippen molar-refractivity contribution in [3.05, 3.63) is 48.6 Å². The molecule has 0 aliphatic rings. The fourth-order valence-corrected chi connectivity index (χ4v) is 6.35. The molecule has 0 aromatic heterocycles. The van der Waals surface area contributed by atoms with Gasteiger partial charge in [0.05, 0.1) is 18.8 Å². The van der Waals surface area contributed by atoms with Gasteiger partial charge < -0.3 is 15.5 Å². The molecule has 0 saturated carbocycles. The van der Waals surface area contributed by atoms with Gasteiger partial charge in [0.2, 0.25) is 5.91 Å². The molecule has 0 aliphatic carbocycles. The van der Waals surface area contributed by atoms with Gasteiger partial charge in [0.1, 0.15) is 0 Å². The highest BCUT2D eigenvalue weighted by Gasteiger charge is 2.19. The lowest BCUT2D eigenvalue weighted by molar-refractivity contribution is -0.123. The summed E-state index contributed by atoms with van der Waals surface area (Å²) in [6.07, 6.45) is 54.6. The van der Waals surface area contributed by atoms with E-state index in [4.69, 9.17) is 0 Å². The molecule has 49 heavy (non-hydrogen) atoms. The molecule has 0 rings (SSSR count). The van der Waals surface area contributed by atoms with E-state index >= 15 is 0 Å². The van der Waals surface area contributed by atoms with Crippen LogP contribution in [0.25, 0.3) is 0 Å². The number of unbranched alkanes of at least 4 members (excludes halogenated alkanes) is 23. The number of hydrogen-bond donors (Lipinski definition) is 3. The number of rotatable bonds is 38. The molecular weight excluding hydrogens is 602 g/mol. The van der Waals surface area contributed by atoms with Crippen LogP contribution in [-0.2, 0) is 4.79 Å². The topological polar surface area (TPSA) is 69.6 Å². The Morgan fingerprint density at radius 1 is 0.510 bits per heavy atom. The Morgan fingerprint density at radius 3 is 1.35 bits per heavy atom. The van der Waals surface area contributed by atoms with Crippen molar-refractivity contribution in [2.75, 3.05) is 6.61 Å².